The number of amides is 1. The highest BCUT2D eigenvalue weighted by molar-refractivity contribution is 7.92. The Bertz CT molecular complexity index is 1160. The fraction of sp³-hybridized carbons (Fsp3) is 0.263. The summed E-state index contributed by atoms with van der Waals surface area (Å²) in [4.78, 5) is 24.2. The van der Waals surface area contributed by atoms with Gasteiger partial charge in [0.15, 0.2) is 0 Å². The van der Waals surface area contributed by atoms with E-state index in [4.69, 9.17) is 16.3 Å². The monoisotopic (exact) mass is 438 g/mol. The van der Waals surface area contributed by atoms with E-state index in [0.717, 1.165) is 18.6 Å². The Labute approximate surface area is 171 Å². The summed E-state index contributed by atoms with van der Waals surface area (Å²) in [6.45, 7) is 0. The molecular formula is C19H16ClFN2O5S. The van der Waals surface area contributed by atoms with Crippen molar-refractivity contribution in [2.24, 2.45) is 0 Å². The molecule has 0 aromatic heterocycles. The summed E-state index contributed by atoms with van der Waals surface area (Å²) in [7, 11) is -3.12. The number of benzene rings is 2. The number of hydrogen-bond donors (Lipinski definition) is 2. The average molecular weight is 439 g/mol. The number of esters is 1. The molecule has 1 amide bonds. The van der Waals surface area contributed by atoms with Crippen molar-refractivity contribution in [2.45, 2.75) is 29.6 Å². The summed E-state index contributed by atoms with van der Waals surface area (Å²) in [6, 6.07) is 5.96. The van der Waals surface area contributed by atoms with Gasteiger partial charge in [-0.05, 0) is 48.7 Å². The second-order valence-electron chi connectivity index (χ2n) is 7.01. The third kappa shape index (κ3) is 3.05. The van der Waals surface area contributed by atoms with Crippen molar-refractivity contribution in [3.63, 3.8) is 0 Å². The van der Waals surface area contributed by atoms with E-state index in [9.17, 15) is 22.4 Å². The molecule has 10 heteroatoms. The molecule has 1 fully saturated rings. The van der Waals surface area contributed by atoms with Crippen LogP contribution in [0.3, 0.4) is 0 Å². The Morgan fingerprint density at radius 3 is 2.59 bits per heavy atom. The van der Waals surface area contributed by atoms with Gasteiger partial charge in [0.2, 0.25) is 5.91 Å². The minimum absolute atomic E-state index is 0.0244. The maximum Gasteiger partial charge on any atom is 0.340 e. The standard InChI is InChI=1S/C19H16ClFN2O5S/c1-28-17(24)12-8-11(9-13-16(12)22-18(25)19(13)5-2-6-19)23-29(26,27)15-4-3-10(20)7-14(15)21/h3-4,7-9,23H,2,5-6H2,1H3,(H,22,25). The highest BCUT2D eigenvalue weighted by Gasteiger charge is 2.52. The maximum absolute atomic E-state index is 14.1. The van der Waals surface area contributed by atoms with Crippen molar-refractivity contribution in [3.8, 4) is 0 Å². The normalized spacial score (nSPS) is 16.7. The number of halogens is 2. The molecule has 1 saturated carbocycles. The molecule has 2 aromatic rings. The van der Waals surface area contributed by atoms with Gasteiger partial charge in [-0.1, -0.05) is 18.0 Å². The van der Waals surface area contributed by atoms with Gasteiger partial charge in [0.05, 0.1) is 29.5 Å². The zero-order valence-corrected chi connectivity index (χ0v) is 16.8. The molecule has 1 heterocycles. The second kappa shape index (κ2) is 6.70. The van der Waals surface area contributed by atoms with Crippen LogP contribution in [0.5, 0.6) is 0 Å². The summed E-state index contributed by atoms with van der Waals surface area (Å²) in [6.07, 6.45) is 2.02. The lowest BCUT2D eigenvalue weighted by atomic mass is 9.65. The predicted octanol–water partition coefficient (Wildman–Crippen LogP) is 3.44. The van der Waals surface area contributed by atoms with Crippen molar-refractivity contribution >= 4 is 44.9 Å². The molecule has 0 radical (unpaired) electrons. The lowest BCUT2D eigenvalue weighted by Gasteiger charge is -2.36. The molecule has 1 spiro atoms. The first kappa shape index (κ1) is 19.7. The second-order valence-corrected chi connectivity index (χ2v) is 9.10. The van der Waals surface area contributed by atoms with Crippen LogP contribution in [0.4, 0.5) is 15.8 Å². The number of anilines is 2. The van der Waals surface area contributed by atoms with Crippen molar-refractivity contribution < 1.29 is 27.1 Å². The van der Waals surface area contributed by atoms with Crippen LogP contribution in [0.25, 0.3) is 0 Å². The molecule has 7 nitrogen and oxygen atoms in total. The van der Waals surface area contributed by atoms with Crippen LogP contribution in [0.2, 0.25) is 5.02 Å². The number of sulfonamides is 1. The van der Waals surface area contributed by atoms with Crippen LogP contribution < -0.4 is 10.0 Å². The van der Waals surface area contributed by atoms with Crippen LogP contribution in [0.15, 0.2) is 35.2 Å². The molecule has 1 aliphatic heterocycles. The van der Waals surface area contributed by atoms with Crippen molar-refractivity contribution in [2.75, 3.05) is 17.1 Å². The van der Waals surface area contributed by atoms with E-state index in [1.54, 1.807) is 0 Å². The van der Waals surface area contributed by atoms with E-state index in [0.29, 0.717) is 24.1 Å². The molecule has 2 aromatic carbocycles. The Balaban J connectivity index is 1.81. The first-order valence-corrected chi connectivity index (χ1v) is 10.6. The van der Waals surface area contributed by atoms with Crippen LogP contribution in [-0.2, 0) is 25.0 Å². The Kier molecular flexibility index (Phi) is 4.54. The molecule has 0 atom stereocenters. The van der Waals surface area contributed by atoms with Gasteiger partial charge in [0, 0.05) is 5.02 Å². The largest absolute Gasteiger partial charge is 0.465 e. The molecule has 0 saturated heterocycles. The maximum atomic E-state index is 14.1. The first-order valence-electron chi connectivity index (χ1n) is 8.74. The van der Waals surface area contributed by atoms with E-state index in [-0.39, 0.29) is 22.2 Å². The van der Waals surface area contributed by atoms with Crippen LogP contribution in [0.1, 0.15) is 35.2 Å². The smallest absolute Gasteiger partial charge is 0.340 e. The van der Waals surface area contributed by atoms with Gasteiger partial charge in [-0.3, -0.25) is 9.52 Å². The van der Waals surface area contributed by atoms with Crippen molar-refractivity contribution in [1.82, 2.24) is 0 Å². The molecule has 0 bridgehead atoms. The van der Waals surface area contributed by atoms with Gasteiger partial charge in [-0.25, -0.2) is 17.6 Å². The summed E-state index contributed by atoms with van der Waals surface area (Å²) >= 11 is 5.68. The number of methoxy groups -OCH3 is 1. The molecule has 4 rings (SSSR count). The number of carbonyl (C=O) groups excluding carboxylic acids is 2. The highest BCUT2D eigenvalue weighted by Crippen LogP contribution is 2.52. The minimum atomic E-state index is -4.31. The summed E-state index contributed by atoms with van der Waals surface area (Å²) in [5.41, 5.74) is 0.121. The SMILES string of the molecule is COC(=O)c1cc(NS(=O)(=O)c2ccc(Cl)cc2F)cc2c1NC(=O)C21CCC1. The summed E-state index contributed by atoms with van der Waals surface area (Å²) in [5, 5.41) is 2.78. The van der Waals surface area contributed by atoms with E-state index in [2.05, 4.69) is 10.0 Å². The predicted molar refractivity (Wildman–Crippen MR) is 104 cm³/mol. The number of ether oxygens (including phenoxy) is 1. The molecule has 152 valence electrons. The van der Waals surface area contributed by atoms with Crippen LogP contribution in [-0.4, -0.2) is 27.4 Å². The van der Waals surface area contributed by atoms with Gasteiger partial charge in [0.25, 0.3) is 10.0 Å². The van der Waals surface area contributed by atoms with Gasteiger partial charge in [0.1, 0.15) is 10.7 Å². The fourth-order valence-electron chi connectivity index (χ4n) is 3.77. The molecule has 2 aliphatic rings. The molecule has 0 unspecified atom stereocenters. The van der Waals surface area contributed by atoms with E-state index >= 15 is 0 Å². The third-order valence-corrected chi connectivity index (χ3v) is 7.02. The number of hydrogen-bond acceptors (Lipinski definition) is 5. The molecule has 2 N–H and O–H groups in total. The lowest BCUT2D eigenvalue weighted by Crippen LogP contribution is -2.40. The highest BCUT2D eigenvalue weighted by atomic mass is 35.5. The van der Waals surface area contributed by atoms with Crippen molar-refractivity contribution in [1.29, 1.82) is 0 Å². The van der Waals surface area contributed by atoms with E-state index in [1.165, 1.54) is 25.3 Å². The number of rotatable bonds is 4. The zero-order valence-electron chi connectivity index (χ0n) is 15.2. The minimum Gasteiger partial charge on any atom is -0.465 e. The Morgan fingerprint density at radius 1 is 1.28 bits per heavy atom. The number of fused-ring (bicyclic) bond motifs is 2. The topological polar surface area (TPSA) is 102 Å². The van der Waals surface area contributed by atoms with Gasteiger partial charge in [-0.15, -0.1) is 0 Å². The van der Waals surface area contributed by atoms with Gasteiger partial charge >= 0.3 is 5.97 Å². The molecule has 29 heavy (non-hydrogen) atoms. The summed E-state index contributed by atoms with van der Waals surface area (Å²) < 4.78 is 46.6. The van der Waals surface area contributed by atoms with E-state index < -0.39 is 32.1 Å². The Morgan fingerprint density at radius 2 is 2.00 bits per heavy atom. The van der Waals surface area contributed by atoms with Crippen LogP contribution in [0, 0.1) is 5.82 Å². The lowest BCUT2D eigenvalue weighted by molar-refractivity contribution is -0.123. The first-order chi connectivity index (χ1) is 13.7. The summed E-state index contributed by atoms with van der Waals surface area (Å²) in [5.74, 6) is -1.96. The van der Waals surface area contributed by atoms with Gasteiger partial charge in [-0.2, -0.15) is 0 Å². The fourth-order valence-corrected chi connectivity index (χ4v) is 5.03. The third-order valence-electron chi connectivity index (χ3n) is 5.38. The molecule has 1 aliphatic carbocycles. The van der Waals surface area contributed by atoms with Crippen LogP contribution >= 0.6 is 11.6 Å². The average Bonchev–Trinajstić information content (AvgIpc) is 2.91. The van der Waals surface area contributed by atoms with Gasteiger partial charge < -0.3 is 10.1 Å². The number of nitrogens with one attached hydrogen (secondary N) is 2. The van der Waals surface area contributed by atoms with E-state index in [1.807, 2.05) is 0 Å². The molecular weight excluding hydrogens is 423 g/mol. The number of carbonyl (C=O) groups is 2. The Hall–Kier alpha value is -2.65. The van der Waals surface area contributed by atoms with Crippen molar-refractivity contribution in [3.05, 3.63) is 52.3 Å². The quantitative estimate of drug-likeness (QED) is 0.712. The zero-order chi connectivity index (χ0) is 21.0.